The Morgan fingerprint density at radius 2 is 1.87 bits per heavy atom. The first-order chi connectivity index (χ1) is 7.11. The summed E-state index contributed by atoms with van der Waals surface area (Å²) in [6.07, 6.45) is 7.48. The fourth-order valence-electron chi connectivity index (χ4n) is 1.85. The lowest BCUT2D eigenvalue weighted by atomic mass is 9.96. The molecular formula is C12H19NO2. The molecule has 0 aromatic heterocycles. The predicted octanol–water partition coefficient (Wildman–Crippen LogP) is 2.81. The molecule has 0 bridgehead atoms. The largest absolute Gasteiger partial charge is 0.512 e. The minimum absolute atomic E-state index is 0.0575. The number of rotatable bonds is 3. The topological polar surface area (TPSA) is 49.7 Å². The van der Waals surface area contributed by atoms with Gasteiger partial charge in [0.25, 0.3) is 0 Å². The van der Waals surface area contributed by atoms with E-state index >= 15 is 0 Å². The highest BCUT2D eigenvalue weighted by Gasteiger charge is 2.12. The summed E-state index contributed by atoms with van der Waals surface area (Å²) in [5.74, 6) is -0.0726. The summed E-state index contributed by atoms with van der Waals surface area (Å²) in [5.41, 5.74) is 0.334. The van der Waals surface area contributed by atoms with Crippen LogP contribution in [-0.4, -0.2) is 23.1 Å². The van der Waals surface area contributed by atoms with Gasteiger partial charge in [-0.15, -0.1) is 0 Å². The van der Waals surface area contributed by atoms with Gasteiger partial charge in [-0.2, -0.15) is 0 Å². The van der Waals surface area contributed by atoms with Crippen LogP contribution < -0.4 is 0 Å². The van der Waals surface area contributed by atoms with E-state index in [1.165, 1.54) is 39.3 Å². The number of hydrogen-bond acceptors (Lipinski definition) is 3. The third-order valence-corrected chi connectivity index (χ3v) is 2.76. The van der Waals surface area contributed by atoms with Crippen molar-refractivity contribution in [3.63, 3.8) is 0 Å². The molecule has 0 atom stereocenters. The zero-order valence-electron chi connectivity index (χ0n) is 9.49. The van der Waals surface area contributed by atoms with Gasteiger partial charge in [-0.05, 0) is 26.7 Å². The van der Waals surface area contributed by atoms with Crippen LogP contribution in [0.2, 0.25) is 0 Å². The number of hydrogen-bond donors (Lipinski definition) is 1. The third kappa shape index (κ3) is 3.86. The molecule has 1 rings (SSSR count). The first-order valence-electron chi connectivity index (χ1n) is 5.55. The van der Waals surface area contributed by atoms with Crippen molar-refractivity contribution in [1.82, 2.24) is 0 Å². The van der Waals surface area contributed by atoms with Crippen molar-refractivity contribution in [2.24, 2.45) is 4.99 Å². The standard InChI is InChI=1S/C12H19NO2/c1-9(14)12(10(2)15)8-13-11-6-4-3-5-7-11/h8,11,14H,3-7H2,1-2H3/b12-9-,13-8?. The zero-order chi connectivity index (χ0) is 11.3. The lowest BCUT2D eigenvalue weighted by molar-refractivity contribution is -0.113. The first kappa shape index (κ1) is 12.0. The van der Waals surface area contributed by atoms with E-state index in [0.29, 0.717) is 11.6 Å². The maximum absolute atomic E-state index is 11.1. The fraction of sp³-hybridized carbons (Fsp3) is 0.667. The van der Waals surface area contributed by atoms with Crippen LogP contribution in [0.25, 0.3) is 0 Å². The number of Topliss-reactive ketones (excluding diaryl/α,β-unsaturated/α-hetero) is 1. The Morgan fingerprint density at radius 1 is 1.27 bits per heavy atom. The van der Waals surface area contributed by atoms with Crippen LogP contribution in [0.4, 0.5) is 0 Å². The highest BCUT2D eigenvalue weighted by atomic mass is 16.3. The van der Waals surface area contributed by atoms with Gasteiger partial charge in [-0.25, -0.2) is 0 Å². The molecule has 0 heterocycles. The summed E-state index contributed by atoms with van der Waals surface area (Å²) in [5, 5.41) is 9.28. The maximum Gasteiger partial charge on any atom is 0.164 e. The highest BCUT2D eigenvalue weighted by molar-refractivity contribution is 6.12. The number of carbonyl (C=O) groups is 1. The molecule has 3 nitrogen and oxygen atoms in total. The predicted molar refractivity (Wildman–Crippen MR) is 61.4 cm³/mol. The van der Waals surface area contributed by atoms with Gasteiger partial charge < -0.3 is 5.11 Å². The number of carbonyl (C=O) groups excluding carboxylic acids is 1. The number of aliphatic hydroxyl groups is 1. The molecule has 0 aromatic rings. The normalized spacial score (nSPS) is 20.4. The van der Waals surface area contributed by atoms with Crippen LogP contribution in [0.15, 0.2) is 16.3 Å². The molecule has 0 amide bonds. The van der Waals surface area contributed by atoms with E-state index in [2.05, 4.69) is 4.99 Å². The summed E-state index contributed by atoms with van der Waals surface area (Å²) in [4.78, 5) is 15.5. The quantitative estimate of drug-likeness (QED) is 0.441. The Morgan fingerprint density at radius 3 is 2.33 bits per heavy atom. The molecule has 84 valence electrons. The van der Waals surface area contributed by atoms with E-state index in [0.717, 1.165) is 12.8 Å². The average Bonchev–Trinajstić information content (AvgIpc) is 2.18. The second kappa shape index (κ2) is 5.69. The summed E-state index contributed by atoms with van der Waals surface area (Å²) in [6, 6.07) is 0.340. The van der Waals surface area contributed by atoms with Crippen molar-refractivity contribution < 1.29 is 9.90 Å². The Bertz CT molecular complexity index is 282. The monoisotopic (exact) mass is 209 g/mol. The van der Waals surface area contributed by atoms with Gasteiger partial charge in [0.05, 0.1) is 5.57 Å². The number of aliphatic hydroxyl groups excluding tert-OH is 1. The molecule has 0 unspecified atom stereocenters. The van der Waals surface area contributed by atoms with Crippen LogP contribution in [0.1, 0.15) is 46.0 Å². The zero-order valence-corrected chi connectivity index (χ0v) is 9.49. The Balaban J connectivity index is 2.61. The molecule has 0 spiro atoms. The van der Waals surface area contributed by atoms with E-state index in [1.54, 1.807) is 0 Å². The van der Waals surface area contributed by atoms with E-state index in [1.807, 2.05) is 0 Å². The molecule has 0 aliphatic heterocycles. The molecule has 0 saturated heterocycles. The van der Waals surface area contributed by atoms with Gasteiger partial charge in [0.1, 0.15) is 5.76 Å². The maximum atomic E-state index is 11.1. The lowest BCUT2D eigenvalue weighted by Crippen LogP contribution is -2.11. The molecule has 1 fully saturated rings. The van der Waals surface area contributed by atoms with Crippen LogP contribution >= 0.6 is 0 Å². The summed E-state index contributed by atoms with van der Waals surface area (Å²) >= 11 is 0. The van der Waals surface area contributed by atoms with Crippen molar-refractivity contribution in [1.29, 1.82) is 0 Å². The summed E-state index contributed by atoms with van der Waals surface area (Å²) < 4.78 is 0. The van der Waals surface area contributed by atoms with E-state index in [9.17, 15) is 9.90 Å². The lowest BCUT2D eigenvalue weighted by Gasteiger charge is -2.17. The molecule has 3 heteroatoms. The minimum atomic E-state index is -0.130. The fourth-order valence-corrected chi connectivity index (χ4v) is 1.85. The second-order valence-electron chi connectivity index (χ2n) is 4.13. The molecule has 1 N–H and O–H groups in total. The summed E-state index contributed by atoms with van der Waals surface area (Å²) in [7, 11) is 0. The van der Waals surface area contributed by atoms with Gasteiger partial charge in [-0.3, -0.25) is 9.79 Å². The van der Waals surface area contributed by atoms with Gasteiger partial charge >= 0.3 is 0 Å². The number of allylic oxidation sites excluding steroid dienone is 2. The van der Waals surface area contributed by atoms with Crippen LogP contribution in [0, 0.1) is 0 Å². The van der Waals surface area contributed by atoms with Gasteiger partial charge in [0, 0.05) is 12.3 Å². The van der Waals surface area contributed by atoms with Gasteiger partial charge in [0.15, 0.2) is 5.78 Å². The van der Waals surface area contributed by atoms with E-state index < -0.39 is 0 Å². The third-order valence-electron chi connectivity index (χ3n) is 2.76. The van der Waals surface area contributed by atoms with Crippen molar-refractivity contribution in [2.45, 2.75) is 52.0 Å². The van der Waals surface area contributed by atoms with Crippen molar-refractivity contribution >= 4 is 12.0 Å². The number of ketones is 1. The van der Waals surface area contributed by atoms with Gasteiger partial charge in [-0.1, -0.05) is 19.3 Å². The van der Waals surface area contributed by atoms with E-state index in [4.69, 9.17) is 0 Å². The van der Waals surface area contributed by atoms with Crippen LogP contribution in [0.5, 0.6) is 0 Å². The Labute approximate surface area is 90.9 Å². The molecule has 1 aliphatic rings. The molecule has 0 radical (unpaired) electrons. The first-order valence-corrected chi connectivity index (χ1v) is 5.55. The van der Waals surface area contributed by atoms with E-state index in [-0.39, 0.29) is 11.5 Å². The van der Waals surface area contributed by atoms with Crippen LogP contribution in [0.3, 0.4) is 0 Å². The number of nitrogens with zero attached hydrogens (tertiary/aromatic N) is 1. The van der Waals surface area contributed by atoms with Crippen molar-refractivity contribution in [3.8, 4) is 0 Å². The summed E-state index contributed by atoms with van der Waals surface area (Å²) in [6.45, 7) is 2.96. The minimum Gasteiger partial charge on any atom is -0.512 e. The molecular weight excluding hydrogens is 190 g/mol. The Hall–Kier alpha value is -1.12. The number of aliphatic imine (C=N–C) groups is 1. The second-order valence-corrected chi connectivity index (χ2v) is 4.13. The molecule has 15 heavy (non-hydrogen) atoms. The smallest absolute Gasteiger partial charge is 0.164 e. The molecule has 1 aliphatic carbocycles. The SMILES string of the molecule is CC(=O)/C(C=NC1CCCCC1)=C(/C)O. The average molecular weight is 209 g/mol. The van der Waals surface area contributed by atoms with Gasteiger partial charge in [0.2, 0.25) is 0 Å². The van der Waals surface area contributed by atoms with Crippen molar-refractivity contribution in [2.75, 3.05) is 0 Å². The van der Waals surface area contributed by atoms with Crippen molar-refractivity contribution in [3.05, 3.63) is 11.3 Å². The molecule has 1 saturated carbocycles. The highest BCUT2D eigenvalue weighted by Crippen LogP contribution is 2.20. The van der Waals surface area contributed by atoms with Crippen LogP contribution in [-0.2, 0) is 4.79 Å². The molecule has 0 aromatic carbocycles. The Kier molecular flexibility index (Phi) is 4.53.